The van der Waals surface area contributed by atoms with Gasteiger partial charge in [-0.1, -0.05) is 6.07 Å². The minimum Gasteiger partial charge on any atom is -0.478 e. The van der Waals surface area contributed by atoms with Gasteiger partial charge in [0.05, 0.1) is 27.3 Å². The molecule has 1 N–H and O–H groups in total. The number of nitro groups is 1. The Morgan fingerprint density at radius 2 is 1.80 bits per heavy atom. The Labute approximate surface area is 140 Å². The molecule has 0 bridgehead atoms. The second-order valence-electron chi connectivity index (χ2n) is 5.29. The van der Waals surface area contributed by atoms with E-state index in [-0.39, 0.29) is 22.4 Å². The monoisotopic (exact) mass is 341 g/mol. The van der Waals surface area contributed by atoms with E-state index in [9.17, 15) is 24.5 Å². The van der Waals surface area contributed by atoms with Crippen molar-refractivity contribution >= 4 is 29.2 Å². The number of hydrazine groups is 1. The van der Waals surface area contributed by atoms with Crippen LogP contribution in [0.5, 0.6) is 0 Å². The molecule has 9 nitrogen and oxygen atoms in total. The van der Waals surface area contributed by atoms with Crippen molar-refractivity contribution < 1.29 is 24.4 Å². The third-order valence-electron chi connectivity index (χ3n) is 3.83. The smallest absolute Gasteiger partial charge is 0.335 e. The summed E-state index contributed by atoms with van der Waals surface area (Å²) in [5.74, 6) is -2.50. The van der Waals surface area contributed by atoms with E-state index in [1.807, 2.05) is 0 Å². The third-order valence-corrected chi connectivity index (χ3v) is 3.83. The molecule has 0 unspecified atom stereocenters. The summed E-state index contributed by atoms with van der Waals surface area (Å²) in [5, 5.41) is 21.9. The number of carbonyl (C=O) groups excluding carboxylic acids is 2. The van der Waals surface area contributed by atoms with Gasteiger partial charge in [0, 0.05) is 19.2 Å². The summed E-state index contributed by atoms with van der Waals surface area (Å²) < 4.78 is 0. The zero-order valence-corrected chi connectivity index (χ0v) is 12.9. The molecular formula is C16H11N3O6. The van der Waals surface area contributed by atoms with Crippen LogP contribution in [0.2, 0.25) is 0 Å². The molecular weight excluding hydrogens is 330 g/mol. The predicted octanol–water partition coefficient (Wildman–Crippen LogP) is 1.94. The van der Waals surface area contributed by atoms with Crippen LogP contribution in [0, 0.1) is 10.1 Å². The quantitative estimate of drug-likeness (QED) is 0.512. The fourth-order valence-corrected chi connectivity index (χ4v) is 2.56. The van der Waals surface area contributed by atoms with Crippen LogP contribution in [-0.2, 0) is 0 Å². The number of fused-ring (bicyclic) bond motifs is 1. The summed E-state index contributed by atoms with van der Waals surface area (Å²) in [5.41, 5.74) is -0.00458. The summed E-state index contributed by atoms with van der Waals surface area (Å²) in [6.07, 6.45) is 0. The fourth-order valence-electron chi connectivity index (χ4n) is 2.56. The lowest BCUT2D eigenvalue weighted by Gasteiger charge is -2.28. The van der Waals surface area contributed by atoms with Crippen LogP contribution >= 0.6 is 0 Å². The lowest BCUT2D eigenvalue weighted by atomic mass is 10.1. The summed E-state index contributed by atoms with van der Waals surface area (Å²) in [4.78, 5) is 46.3. The minimum absolute atomic E-state index is 0.00315. The van der Waals surface area contributed by atoms with E-state index in [1.54, 1.807) is 6.07 Å². The van der Waals surface area contributed by atoms with Crippen molar-refractivity contribution in [1.29, 1.82) is 0 Å². The molecule has 0 spiro atoms. The van der Waals surface area contributed by atoms with Crippen LogP contribution in [0.1, 0.15) is 31.1 Å². The molecule has 0 aromatic heterocycles. The molecule has 0 fully saturated rings. The minimum atomic E-state index is -1.15. The zero-order chi connectivity index (χ0) is 18.3. The number of non-ortho nitro benzene ring substituents is 1. The molecule has 25 heavy (non-hydrogen) atoms. The molecule has 2 amide bonds. The average molecular weight is 341 g/mol. The van der Waals surface area contributed by atoms with Gasteiger partial charge in [0.1, 0.15) is 0 Å². The molecule has 0 atom stereocenters. The normalized spacial score (nSPS) is 12.9. The van der Waals surface area contributed by atoms with Crippen LogP contribution < -0.4 is 5.01 Å². The van der Waals surface area contributed by atoms with E-state index in [4.69, 9.17) is 5.11 Å². The highest BCUT2D eigenvalue weighted by Crippen LogP contribution is 2.29. The average Bonchev–Trinajstić information content (AvgIpc) is 2.85. The molecule has 0 saturated carbocycles. The maximum Gasteiger partial charge on any atom is 0.335 e. The van der Waals surface area contributed by atoms with Gasteiger partial charge in [-0.2, -0.15) is 5.01 Å². The second-order valence-corrected chi connectivity index (χ2v) is 5.29. The number of nitro benzene ring substituents is 1. The highest BCUT2D eigenvalue weighted by molar-refractivity contribution is 6.22. The van der Waals surface area contributed by atoms with Gasteiger partial charge in [0.25, 0.3) is 17.5 Å². The molecule has 1 aliphatic rings. The van der Waals surface area contributed by atoms with Gasteiger partial charge in [0.2, 0.25) is 0 Å². The first kappa shape index (κ1) is 16.1. The molecule has 0 saturated heterocycles. The highest BCUT2D eigenvalue weighted by atomic mass is 16.6. The molecule has 9 heteroatoms. The Morgan fingerprint density at radius 1 is 1.12 bits per heavy atom. The molecule has 0 aliphatic carbocycles. The number of anilines is 1. The van der Waals surface area contributed by atoms with Crippen molar-refractivity contribution in [2.75, 3.05) is 12.1 Å². The number of carbonyl (C=O) groups is 3. The fraction of sp³-hybridized carbons (Fsp3) is 0.0625. The van der Waals surface area contributed by atoms with Crippen LogP contribution in [0.3, 0.4) is 0 Å². The van der Waals surface area contributed by atoms with Gasteiger partial charge in [-0.3, -0.25) is 24.7 Å². The van der Waals surface area contributed by atoms with Crippen molar-refractivity contribution in [3.63, 3.8) is 0 Å². The number of imide groups is 1. The predicted molar refractivity (Wildman–Crippen MR) is 85.4 cm³/mol. The number of aromatic carboxylic acids is 1. The number of amides is 2. The number of rotatable bonds is 4. The summed E-state index contributed by atoms with van der Waals surface area (Å²) in [7, 11) is 1.43. The van der Waals surface area contributed by atoms with Crippen molar-refractivity contribution in [2.45, 2.75) is 0 Å². The number of carboxylic acids is 1. The number of carboxylic acid groups (broad SMARTS) is 1. The number of hydrogen-bond donors (Lipinski definition) is 1. The summed E-state index contributed by atoms with van der Waals surface area (Å²) in [6, 6.07) is 9.15. The van der Waals surface area contributed by atoms with Crippen molar-refractivity contribution in [2.24, 2.45) is 0 Å². The molecule has 126 valence electrons. The Balaban J connectivity index is 2.00. The van der Waals surface area contributed by atoms with Gasteiger partial charge < -0.3 is 5.11 Å². The van der Waals surface area contributed by atoms with E-state index in [0.717, 1.165) is 17.1 Å². The SMILES string of the molecule is CN(c1cccc(C(=O)O)c1)N1C(=O)c2ccc([N+](=O)[O-])cc2C1=O. The first-order valence-electron chi connectivity index (χ1n) is 7.05. The Kier molecular flexibility index (Phi) is 3.68. The molecule has 3 rings (SSSR count). The first-order valence-corrected chi connectivity index (χ1v) is 7.05. The maximum absolute atomic E-state index is 12.5. The highest BCUT2D eigenvalue weighted by Gasteiger charge is 2.39. The van der Waals surface area contributed by atoms with Crippen molar-refractivity contribution in [3.8, 4) is 0 Å². The molecule has 0 radical (unpaired) electrons. The number of nitrogens with zero attached hydrogens (tertiary/aromatic N) is 3. The van der Waals surface area contributed by atoms with Gasteiger partial charge in [0.15, 0.2) is 0 Å². The Hall–Kier alpha value is -3.75. The van der Waals surface area contributed by atoms with E-state index < -0.39 is 22.7 Å². The van der Waals surface area contributed by atoms with Gasteiger partial charge in [-0.25, -0.2) is 4.79 Å². The van der Waals surface area contributed by atoms with E-state index in [2.05, 4.69) is 0 Å². The van der Waals surface area contributed by atoms with Crippen molar-refractivity contribution in [1.82, 2.24) is 5.01 Å². The van der Waals surface area contributed by atoms with Gasteiger partial charge in [-0.15, -0.1) is 0 Å². The molecule has 1 heterocycles. The zero-order valence-electron chi connectivity index (χ0n) is 12.9. The lowest BCUT2D eigenvalue weighted by molar-refractivity contribution is -0.384. The lowest BCUT2D eigenvalue weighted by Crippen LogP contribution is -2.44. The van der Waals surface area contributed by atoms with E-state index in [0.29, 0.717) is 5.69 Å². The van der Waals surface area contributed by atoms with Gasteiger partial charge in [-0.05, 0) is 24.3 Å². The van der Waals surface area contributed by atoms with Crippen LogP contribution in [-0.4, -0.2) is 39.9 Å². The molecule has 2 aromatic rings. The number of benzene rings is 2. The van der Waals surface area contributed by atoms with E-state index >= 15 is 0 Å². The summed E-state index contributed by atoms with van der Waals surface area (Å²) >= 11 is 0. The van der Waals surface area contributed by atoms with Crippen LogP contribution in [0.25, 0.3) is 0 Å². The Morgan fingerprint density at radius 3 is 2.44 bits per heavy atom. The second kappa shape index (κ2) is 5.71. The third kappa shape index (κ3) is 2.57. The van der Waals surface area contributed by atoms with E-state index in [1.165, 1.54) is 36.3 Å². The standard InChI is InChI=1S/C16H11N3O6/c1-17(10-4-2-3-9(7-10)16(22)23)18-14(20)12-6-5-11(19(24)25)8-13(12)15(18)21/h2-8H,1H3,(H,22,23). The van der Waals surface area contributed by atoms with Crippen molar-refractivity contribution in [3.05, 3.63) is 69.3 Å². The first-order chi connectivity index (χ1) is 11.8. The molecule has 1 aliphatic heterocycles. The molecule has 2 aromatic carbocycles. The summed E-state index contributed by atoms with van der Waals surface area (Å²) in [6.45, 7) is 0. The van der Waals surface area contributed by atoms with Gasteiger partial charge >= 0.3 is 5.97 Å². The maximum atomic E-state index is 12.5. The van der Waals surface area contributed by atoms with Crippen LogP contribution in [0.4, 0.5) is 11.4 Å². The number of hydrogen-bond acceptors (Lipinski definition) is 6. The Bertz CT molecular complexity index is 939. The topological polar surface area (TPSA) is 121 Å². The largest absolute Gasteiger partial charge is 0.478 e. The van der Waals surface area contributed by atoms with Crippen LogP contribution in [0.15, 0.2) is 42.5 Å².